The highest BCUT2D eigenvalue weighted by molar-refractivity contribution is 5.97. The molecule has 6 heteroatoms. The van der Waals surface area contributed by atoms with Gasteiger partial charge in [0.25, 0.3) is 5.91 Å². The second kappa shape index (κ2) is 4.66. The zero-order valence-corrected chi connectivity index (χ0v) is 11.7. The number of carbonyl (C=O) groups excluding carboxylic acids is 1. The third-order valence-corrected chi connectivity index (χ3v) is 4.47. The van der Waals surface area contributed by atoms with Gasteiger partial charge < -0.3 is 10.2 Å². The van der Waals surface area contributed by atoms with Crippen LogP contribution in [0.4, 0.5) is 0 Å². The molecule has 0 atom stereocenters. The maximum atomic E-state index is 12.7. The number of hydrogen-bond donors (Lipinski definition) is 1. The quantitative estimate of drug-likeness (QED) is 0.907. The van der Waals surface area contributed by atoms with Crippen LogP contribution in [0.3, 0.4) is 0 Å². The van der Waals surface area contributed by atoms with Crippen molar-refractivity contribution in [3.63, 3.8) is 0 Å². The Morgan fingerprint density at radius 1 is 1.24 bits per heavy atom. The fourth-order valence-electron chi connectivity index (χ4n) is 3.35. The van der Waals surface area contributed by atoms with E-state index in [4.69, 9.17) is 0 Å². The van der Waals surface area contributed by atoms with Gasteiger partial charge in [-0.15, -0.1) is 0 Å². The minimum absolute atomic E-state index is 0.0473. The molecule has 21 heavy (non-hydrogen) atoms. The van der Waals surface area contributed by atoms with Gasteiger partial charge in [0.1, 0.15) is 0 Å². The van der Waals surface area contributed by atoms with Crippen molar-refractivity contribution in [1.82, 2.24) is 25.0 Å². The summed E-state index contributed by atoms with van der Waals surface area (Å²) in [7, 11) is 0. The lowest BCUT2D eigenvalue weighted by atomic mass is 9.95. The summed E-state index contributed by atoms with van der Waals surface area (Å²) in [6, 6.07) is 5.41. The SMILES string of the molecule is O=C(NC12CCN(CC1)C2)c1cccnc1-n1cccn1. The summed E-state index contributed by atoms with van der Waals surface area (Å²) in [6.45, 7) is 3.13. The molecular formula is C15H17N5O. The molecule has 6 nitrogen and oxygen atoms in total. The molecule has 2 bridgehead atoms. The third kappa shape index (κ3) is 2.12. The van der Waals surface area contributed by atoms with Gasteiger partial charge in [-0.25, -0.2) is 9.67 Å². The van der Waals surface area contributed by atoms with Crippen LogP contribution in [-0.2, 0) is 0 Å². The average molecular weight is 283 g/mol. The van der Waals surface area contributed by atoms with Gasteiger partial charge in [0.15, 0.2) is 5.82 Å². The van der Waals surface area contributed by atoms with E-state index in [1.807, 2.05) is 6.07 Å². The van der Waals surface area contributed by atoms with Crippen LogP contribution in [0, 0.1) is 0 Å². The number of nitrogens with zero attached hydrogens (tertiary/aromatic N) is 4. The molecule has 0 radical (unpaired) electrons. The standard InChI is InChI=1S/C15H17N5O/c21-14(18-15-4-9-19(11-15)10-5-15)12-3-1-6-16-13(12)20-8-2-7-17-20/h1-3,6-8H,4-5,9-11H2,(H,18,21). The van der Waals surface area contributed by atoms with Gasteiger partial charge in [-0.3, -0.25) is 4.79 Å². The minimum atomic E-state index is -0.0580. The number of nitrogens with one attached hydrogen (secondary N) is 1. The Morgan fingerprint density at radius 2 is 2.10 bits per heavy atom. The van der Waals surface area contributed by atoms with E-state index in [0.717, 1.165) is 32.5 Å². The van der Waals surface area contributed by atoms with E-state index in [0.29, 0.717) is 11.4 Å². The first-order valence-corrected chi connectivity index (χ1v) is 7.26. The molecule has 2 aromatic heterocycles. The molecule has 2 aromatic rings. The molecule has 2 fully saturated rings. The van der Waals surface area contributed by atoms with E-state index < -0.39 is 0 Å². The van der Waals surface area contributed by atoms with E-state index in [1.54, 1.807) is 35.4 Å². The van der Waals surface area contributed by atoms with E-state index in [9.17, 15) is 4.79 Å². The van der Waals surface area contributed by atoms with Crippen molar-refractivity contribution in [2.45, 2.75) is 18.4 Å². The van der Waals surface area contributed by atoms with E-state index >= 15 is 0 Å². The Balaban J connectivity index is 1.63. The topological polar surface area (TPSA) is 63.1 Å². The van der Waals surface area contributed by atoms with Crippen molar-refractivity contribution in [3.05, 3.63) is 42.4 Å². The summed E-state index contributed by atoms with van der Waals surface area (Å²) in [5, 5.41) is 7.41. The number of hydrogen-bond acceptors (Lipinski definition) is 4. The van der Waals surface area contributed by atoms with Crippen LogP contribution >= 0.6 is 0 Å². The number of rotatable bonds is 3. The monoisotopic (exact) mass is 283 g/mol. The fraction of sp³-hybridized carbons (Fsp3) is 0.400. The Morgan fingerprint density at radius 3 is 2.76 bits per heavy atom. The van der Waals surface area contributed by atoms with Crippen molar-refractivity contribution in [3.8, 4) is 5.82 Å². The van der Waals surface area contributed by atoms with Crippen molar-refractivity contribution < 1.29 is 4.79 Å². The van der Waals surface area contributed by atoms with Crippen LogP contribution in [0.15, 0.2) is 36.8 Å². The third-order valence-electron chi connectivity index (χ3n) is 4.47. The van der Waals surface area contributed by atoms with Crippen molar-refractivity contribution in [1.29, 1.82) is 0 Å². The first-order chi connectivity index (χ1) is 10.3. The molecule has 0 unspecified atom stereocenters. The minimum Gasteiger partial charge on any atom is -0.345 e. The predicted octanol–water partition coefficient (Wildman–Crippen LogP) is 0.845. The molecular weight excluding hydrogens is 266 g/mol. The van der Waals surface area contributed by atoms with Gasteiger partial charge >= 0.3 is 0 Å². The molecule has 0 spiro atoms. The van der Waals surface area contributed by atoms with Gasteiger partial charge in [-0.1, -0.05) is 0 Å². The second-order valence-electron chi connectivity index (χ2n) is 5.84. The zero-order valence-electron chi connectivity index (χ0n) is 11.7. The predicted molar refractivity (Wildman–Crippen MR) is 77.2 cm³/mol. The van der Waals surface area contributed by atoms with E-state index in [-0.39, 0.29) is 11.4 Å². The number of aromatic nitrogens is 3. The first-order valence-electron chi connectivity index (χ1n) is 7.26. The van der Waals surface area contributed by atoms with Crippen LogP contribution in [0.2, 0.25) is 0 Å². The molecule has 1 N–H and O–H groups in total. The Hall–Kier alpha value is -2.21. The summed E-state index contributed by atoms with van der Waals surface area (Å²) in [5.74, 6) is 0.515. The Labute approximate surface area is 122 Å². The summed E-state index contributed by atoms with van der Waals surface area (Å²) in [6.07, 6.45) is 7.23. The number of piperidine rings is 1. The molecule has 2 saturated heterocycles. The zero-order chi connectivity index (χ0) is 14.3. The highest BCUT2D eigenvalue weighted by Crippen LogP contribution is 2.32. The lowest BCUT2D eigenvalue weighted by Crippen LogP contribution is -2.48. The number of fused-ring (bicyclic) bond motifs is 2. The lowest BCUT2D eigenvalue weighted by molar-refractivity contribution is 0.0907. The lowest BCUT2D eigenvalue weighted by Gasteiger charge is -2.27. The highest BCUT2D eigenvalue weighted by Gasteiger charge is 2.44. The summed E-state index contributed by atoms with van der Waals surface area (Å²) in [5.41, 5.74) is 0.523. The van der Waals surface area contributed by atoms with Gasteiger partial charge in [0, 0.05) is 38.2 Å². The summed E-state index contributed by atoms with van der Waals surface area (Å²) >= 11 is 0. The smallest absolute Gasteiger partial charge is 0.255 e. The maximum Gasteiger partial charge on any atom is 0.255 e. The molecule has 0 aliphatic carbocycles. The Bertz CT molecular complexity index is 658. The van der Waals surface area contributed by atoms with Crippen molar-refractivity contribution in [2.24, 2.45) is 0 Å². The molecule has 2 aliphatic rings. The van der Waals surface area contributed by atoms with E-state index in [1.165, 1.54) is 0 Å². The largest absolute Gasteiger partial charge is 0.345 e. The van der Waals surface area contributed by atoms with Crippen LogP contribution in [0.5, 0.6) is 0 Å². The number of carbonyl (C=O) groups is 1. The van der Waals surface area contributed by atoms with Gasteiger partial charge in [0.2, 0.25) is 0 Å². The van der Waals surface area contributed by atoms with Gasteiger partial charge in [-0.05, 0) is 31.0 Å². The Kier molecular flexibility index (Phi) is 2.78. The van der Waals surface area contributed by atoms with Gasteiger partial charge in [-0.2, -0.15) is 5.10 Å². The van der Waals surface area contributed by atoms with Crippen LogP contribution < -0.4 is 5.32 Å². The number of amides is 1. The molecule has 0 saturated carbocycles. The van der Waals surface area contributed by atoms with Crippen LogP contribution in [0.1, 0.15) is 23.2 Å². The highest BCUT2D eigenvalue weighted by atomic mass is 16.1. The molecule has 4 rings (SSSR count). The summed E-state index contributed by atoms with van der Waals surface area (Å²) < 4.78 is 1.63. The maximum absolute atomic E-state index is 12.7. The van der Waals surface area contributed by atoms with Gasteiger partial charge in [0.05, 0.1) is 11.1 Å². The summed E-state index contributed by atoms with van der Waals surface area (Å²) in [4.78, 5) is 19.4. The fourth-order valence-corrected chi connectivity index (χ4v) is 3.35. The normalized spacial score (nSPS) is 27.0. The second-order valence-corrected chi connectivity index (χ2v) is 5.84. The molecule has 4 heterocycles. The number of pyridine rings is 1. The molecule has 2 aliphatic heterocycles. The molecule has 0 aromatic carbocycles. The van der Waals surface area contributed by atoms with Crippen molar-refractivity contribution in [2.75, 3.05) is 19.6 Å². The molecule has 1 amide bonds. The van der Waals surface area contributed by atoms with Crippen molar-refractivity contribution >= 4 is 5.91 Å². The van der Waals surface area contributed by atoms with Crippen LogP contribution in [-0.4, -0.2) is 50.7 Å². The first kappa shape index (κ1) is 12.5. The molecule has 108 valence electrons. The van der Waals surface area contributed by atoms with Crippen LogP contribution in [0.25, 0.3) is 5.82 Å². The van der Waals surface area contributed by atoms with E-state index in [2.05, 4.69) is 20.3 Å². The average Bonchev–Trinajstić information content (AvgIpc) is 3.24.